The van der Waals surface area contributed by atoms with Crippen molar-refractivity contribution in [2.75, 3.05) is 19.8 Å². The Labute approximate surface area is 112 Å². The van der Waals surface area contributed by atoms with Crippen LogP contribution in [0.4, 0.5) is 0 Å². The number of aromatic amines is 1. The van der Waals surface area contributed by atoms with Crippen molar-refractivity contribution in [2.24, 2.45) is 5.41 Å². The molecule has 1 fully saturated rings. The van der Waals surface area contributed by atoms with E-state index in [0.717, 1.165) is 31.7 Å². The Hall–Kier alpha value is -1.62. The number of rotatable bonds is 3. The van der Waals surface area contributed by atoms with Gasteiger partial charge in [0.1, 0.15) is 5.56 Å². The second-order valence-corrected chi connectivity index (χ2v) is 5.50. The van der Waals surface area contributed by atoms with Crippen molar-refractivity contribution in [3.63, 3.8) is 0 Å². The van der Waals surface area contributed by atoms with E-state index in [9.17, 15) is 9.59 Å². The minimum atomic E-state index is -0.311. The van der Waals surface area contributed by atoms with Crippen molar-refractivity contribution in [1.82, 2.24) is 10.3 Å². The molecule has 0 radical (unpaired) electrons. The average molecular weight is 264 g/mol. The van der Waals surface area contributed by atoms with Crippen LogP contribution in [0.1, 0.15) is 35.8 Å². The lowest BCUT2D eigenvalue weighted by molar-refractivity contribution is 0.0238. The molecule has 19 heavy (non-hydrogen) atoms. The third-order valence-electron chi connectivity index (χ3n) is 3.68. The molecule has 2 N–H and O–H groups in total. The van der Waals surface area contributed by atoms with Gasteiger partial charge in [0.25, 0.3) is 5.91 Å². The van der Waals surface area contributed by atoms with Gasteiger partial charge in [-0.3, -0.25) is 9.59 Å². The topological polar surface area (TPSA) is 71.2 Å². The molecule has 0 bridgehead atoms. The van der Waals surface area contributed by atoms with Gasteiger partial charge in [-0.25, -0.2) is 0 Å². The second-order valence-electron chi connectivity index (χ2n) is 5.50. The molecule has 104 valence electrons. The van der Waals surface area contributed by atoms with Crippen molar-refractivity contribution >= 4 is 5.91 Å². The summed E-state index contributed by atoms with van der Waals surface area (Å²) in [5.74, 6) is -0.311. The van der Waals surface area contributed by atoms with E-state index in [1.54, 1.807) is 6.92 Å². The van der Waals surface area contributed by atoms with Crippen LogP contribution in [0.15, 0.2) is 17.1 Å². The molecular weight excluding hydrogens is 244 g/mol. The fourth-order valence-corrected chi connectivity index (χ4v) is 2.18. The first-order chi connectivity index (χ1) is 9.00. The van der Waals surface area contributed by atoms with Gasteiger partial charge in [0.2, 0.25) is 0 Å². The minimum absolute atomic E-state index is 0.0609. The maximum absolute atomic E-state index is 12.0. The summed E-state index contributed by atoms with van der Waals surface area (Å²) >= 11 is 0. The number of amides is 1. The second kappa shape index (κ2) is 5.57. The SMILES string of the molecule is Cc1cc(=O)c(C(=O)NCC2(C)CCOCC2)c[nH]1. The lowest BCUT2D eigenvalue weighted by atomic mass is 9.82. The van der Waals surface area contributed by atoms with Crippen LogP contribution < -0.4 is 10.7 Å². The molecule has 1 amide bonds. The number of ether oxygens (including phenoxy) is 1. The number of aromatic nitrogens is 1. The smallest absolute Gasteiger partial charge is 0.256 e. The van der Waals surface area contributed by atoms with Gasteiger partial charge in [-0.15, -0.1) is 0 Å². The highest BCUT2D eigenvalue weighted by molar-refractivity contribution is 5.93. The van der Waals surface area contributed by atoms with Crippen LogP contribution >= 0.6 is 0 Å². The third-order valence-corrected chi connectivity index (χ3v) is 3.68. The van der Waals surface area contributed by atoms with Crippen molar-refractivity contribution in [2.45, 2.75) is 26.7 Å². The predicted octanol–water partition coefficient (Wildman–Crippen LogP) is 1.23. The van der Waals surface area contributed by atoms with Crippen LogP contribution in [0.2, 0.25) is 0 Å². The van der Waals surface area contributed by atoms with Gasteiger partial charge >= 0.3 is 0 Å². The lowest BCUT2D eigenvalue weighted by Gasteiger charge is -2.33. The Kier molecular flexibility index (Phi) is 4.04. The van der Waals surface area contributed by atoms with Crippen molar-refractivity contribution in [3.05, 3.63) is 33.7 Å². The molecule has 1 saturated heterocycles. The van der Waals surface area contributed by atoms with E-state index in [-0.39, 0.29) is 22.3 Å². The Morgan fingerprint density at radius 1 is 1.47 bits per heavy atom. The number of nitrogens with one attached hydrogen (secondary N) is 2. The van der Waals surface area contributed by atoms with Gasteiger partial charge in [-0.2, -0.15) is 0 Å². The summed E-state index contributed by atoms with van der Waals surface area (Å²) in [7, 11) is 0. The standard InChI is InChI=1S/C14H20N2O3/c1-10-7-12(17)11(8-15-10)13(18)16-9-14(2)3-5-19-6-4-14/h7-8H,3-6,9H2,1-2H3,(H,15,17)(H,16,18). The molecule has 0 aliphatic carbocycles. The molecule has 2 rings (SSSR count). The highest BCUT2D eigenvalue weighted by Crippen LogP contribution is 2.28. The van der Waals surface area contributed by atoms with Crippen LogP contribution in [0, 0.1) is 12.3 Å². The summed E-state index contributed by atoms with van der Waals surface area (Å²) in [6.45, 7) is 5.96. The number of hydrogen-bond donors (Lipinski definition) is 2. The number of carbonyl (C=O) groups excluding carboxylic acids is 1. The van der Waals surface area contributed by atoms with Gasteiger partial charge < -0.3 is 15.0 Å². The number of pyridine rings is 1. The molecule has 2 heterocycles. The van der Waals surface area contributed by atoms with Crippen LogP contribution in [-0.4, -0.2) is 30.6 Å². The van der Waals surface area contributed by atoms with Crippen LogP contribution in [0.3, 0.4) is 0 Å². The summed E-state index contributed by atoms with van der Waals surface area (Å²) in [4.78, 5) is 26.6. The minimum Gasteiger partial charge on any atom is -0.381 e. The summed E-state index contributed by atoms with van der Waals surface area (Å²) in [5, 5.41) is 2.85. The molecule has 0 aromatic carbocycles. The number of hydrogen-bond acceptors (Lipinski definition) is 3. The van der Waals surface area contributed by atoms with Gasteiger partial charge in [-0.1, -0.05) is 6.92 Å². The molecule has 1 aromatic heterocycles. The highest BCUT2D eigenvalue weighted by Gasteiger charge is 2.28. The van der Waals surface area contributed by atoms with E-state index >= 15 is 0 Å². The van der Waals surface area contributed by atoms with Crippen LogP contribution in [0.25, 0.3) is 0 Å². The fraction of sp³-hybridized carbons (Fsp3) is 0.571. The molecule has 0 spiro atoms. The molecular formula is C14H20N2O3. The molecule has 0 atom stereocenters. The maximum atomic E-state index is 12.0. The zero-order valence-electron chi connectivity index (χ0n) is 11.4. The molecule has 5 nitrogen and oxygen atoms in total. The Balaban J connectivity index is 1.99. The fourth-order valence-electron chi connectivity index (χ4n) is 2.18. The van der Waals surface area contributed by atoms with E-state index < -0.39 is 0 Å². The largest absolute Gasteiger partial charge is 0.381 e. The van der Waals surface area contributed by atoms with Crippen molar-refractivity contribution in [3.8, 4) is 0 Å². The van der Waals surface area contributed by atoms with E-state index in [1.807, 2.05) is 0 Å². The number of carbonyl (C=O) groups is 1. The summed E-state index contributed by atoms with van der Waals surface area (Å²) in [6.07, 6.45) is 3.33. The first-order valence-electron chi connectivity index (χ1n) is 6.55. The van der Waals surface area contributed by atoms with Gasteiger partial charge in [-0.05, 0) is 25.2 Å². The number of aryl methyl sites for hydroxylation is 1. The van der Waals surface area contributed by atoms with E-state index in [0.29, 0.717) is 6.54 Å². The zero-order chi connectivity index (χ0) is 13.9. The van der Waals surface area contributed by atoms with E-state index in [1.165, 1.54) is 12.3 Å². The Bertz CT molecular complexity index is 516. The van der Waals surface area contributed by atoms with Crippen molar-refractivity contribution < 1.29 is 9.53 Å². The zero-order valence-corrected chi connectivity index (χ0v) is 11.4. The first kappa shape index (κ1) is 13.8. The Morgan fingerprint density at radius 3 is 2.79 bits per heavy atom. The highest BCUT2D eigenvalue weighted by atomic mass is 16.5. The molecule has 1 aromatic rings. The molecule has 1 aliphatic heterocycles. The van der Waals surface area contributed by atoms with Crippen molar-refractivity contribution in [1.29, 1.82) is 0 Å². The third kappa shape index (κ3) is 3.44. The molecule has 1 aliphatic rings. The molecule has 0 unspecified atom stereocenters. The monoisotopic (exact) mass is 264 g/mol. The summed E-state index contributed by atoms with van der Waals surface area (Å²) in [5.41, 5.74) is 0.732. The van der Waals surface area contributed by atoms with Crippen LogP contribution in [-0.2, 0) is 4.74 Å². The lowest BCUT2D eigenvalue weighted by Crippen LogP contribution is -2.40. The molecule has 0 saturated carbocycles. The van der Waals surface area contributed by atoms with Gasteiger partial charge in [0.15, 0.2) is 5.43 Å². The van der Waals surface area contributed by atoms with E-state index in [4.69, 9.17) is 4.74 Å². The Morgan fingerprint density at radius 2 is 2.16 bits per heavy atom. The quantitative estimate of drug-likeness (QED) is 0.862. The number of H-pyrrole nitrogens is 1. The first-order valence-corrected chi connectivity index (χ1v) is 6.55. The predicted molar refractivity (Wildman–Crippen MR) is 72.3 cm³/mol. The summed E-state index contributed by atoms with van der Waals surface area (Å²) < 4.78 is 5.32. The van der Waals surface area contributed by atoms with Crippen LogP contribution in [0.5, 0.6) is 0 Å². The van der Waals surface area contributed by atoms with Gasteiger partial charge in [0.05, 0.1) is 0 Å². The average Bonchev–Trinajstić information content (AvgIpc) is 2.37. The van der Waals surface area contributed by atoms with E-state index in [2.05, 4.69) is 17.2 Å². The normalized spacial score (nSPS) is 18.0. The maximum Gasteiger partial charge on any atom is 0.256 e. The molecule has 5 heteroatoms. The van der Waals surface area contributed by atoms with Gasteiger partial charge in [0, 0.05) is 37.7 Å². The summed E-state index contributed by atoms with van der Waals surface area (Å²) in [6, 6.07) is 1.44.